The zero-order valence-electron chi connectivity index (χ0n) is 13.8. The largest absolute Gasteiger partial charge is 0.775 e. The first kappa shape index (κ1) is 19.4. The maximum atomic E-state index is 11.0. The monoisotopic (exact) mass is 325 g/mol. The maximum absolute atomic E-state index is 11.0. The van der Waals surface area contributed by atoms with Crippen molar-refractivity contribution >= 4 is 12.9 Å². The third-order valence-corrected chi connectivity index (χ3v) is 5.03. The molecule has 1 unspecified atom stereocenters. The molecule has 1 aromatic carbocycles. The van der Waals surface area contributed by atoms with Gasteiger partial charge in [0, 0.05) is 5.30 Å². The van der Waals surface area contributed by atoms with Crippen LogP contribution in [0, 0.1) is 0 Å². The molecule has 0 saturated carbocycles. The van der Waals surface area contributed by atoms with Gasteiger partial charge in [-0.15, -0.1) is 0 Å². The Hall–Kier alpha value is -0.630. The van der Waals surface area contributed by atoms with Gasteiger partial charge in [0.2, 0.25) is 0 Å². The van der Waals surface area contributed by atoms with Crippen molar-refractivity contribution in [1.29, 1.82) is 0 Å². The SMILES string of the molecule is CCCCCCCCCCCCc1ccc(P(=O)([O-])O)cc1. The van der Waals surface area contributed by atoms with E-state index in [9.17, 15) is 9.46 Å². The molecule has 1 rings (SSSR count). The molecule has 0 radical (unpaired) electrons. The molecule has 126 valence electrons. The molecular weight excluding hydrogens is 295 g/mol. The third-order valence-electron chi connectivity index (χ3n) is 4.08. The predicted octanol–water partition coefficient (Wildman–Crippen LogP) is 4.32. The van der Waals surface area contributed by atoms with Crippen LogP contribution in [0.3, 0.4) is 0 Å². The van der Waals surface area contributed by atoms with Gasteiger partial charge in [-0.3, -0.25) is 0 Å². The number of benzene rings is 1. The normalized spacial score (nSPS) is 14.0. The summed E-state index contributed by atoms with van der Waals surface area (Å²) in [5, 5.41) is -0.000627. The van der Waals surface area contributed by atoms with Gasteiger partial charge in [0.1, 0.15) is 0 Å². The lowest BCUT2D eigenvalue weighted by molar-refractivity contribution is -0.188. The lowest BCUT2D eigenvalue weighted by atomic mass is 10.0. The standard InChI is InChI=1S/C18H31O3P/c1-2-3-4-5-6-7-8-9-10-11-12-17-13-15-18(16-14-17)22(19,20)21/h13-16H,2-12H2,1H3,(H2,19,20,21)/p-1. The number of unbranched alkanes of at least 4 members (excludes halogenated alkanes) is 9. The van der Waals surface area contributed by atoms with E-state index in [0.29, 0.717) is 0 Å². The summed E-state index contributed by atoms with van der Waals surface area (Å²) in [6, 6.07) is 6.56. The van der Waals surface area contributed by atoms with Gasteiger partial charge in [-0.2, -0.15) is 0 Å². The highest BCUT2D eigenvalue weighted by Gasteiger charge is 2.05. The molecule has 0 bridgehead atoms. The highest BCUT2D eigenvalue weighted by Crippen LogP contribution is 2.27. The highest BCUT2D eigenvalue weighted by molar-refractivity contribution is 7.58. The summed E-state index contributed by atoms with van der Waals surface area (Å²) in [4.78, 5) is 19.9. The zero-order chi connectivity index (χ0) is 16.3. The Kier molecular flexibility index (Phi) is 9.70. The van der Waals surface area contributed by atoms with Crippen LogP contribution < -0.4 is 10.2 Å². The fourth-order valence-corrected chi connectivity index (χ4v) is 3.19. The number of hydrogen-bond donors (Lipinski definition) is 1. The van der Waals surface area contributed by atoms with E-state index in [4.69, 9.17) is 4.89 Å². The number of aryl methyl sites for hydroxylation is 1. The molecule has 0 aliphatic heterocycles. The second kappa shape index (κ2) is 11.0. The first-order chi connectivity index (χ1) is 10.5. The van der Waals surface area contributed by atoms with Gasteiger partial charge in [-0.25, -0.2) is 0 Å². The van der Waals surface area contributed by atoms with Crippen molar-refractivity contribution in [3.05, 3.63) is 29.8 Å². The third kappa shape index (κ3) is 8.73. The smallest absolute Gasteiger partial charge is 0.162 e. The van der Waals surface area contributed by atoms with E-state index in [1.54, 1.807) is 12.1 Å². The minimum atomic E-state index is -4.34. The van der Waals surface area contributed by atoms with E-state index in [-0.39, 0.29) is 5.30 Å². The van der Waals surface area contributed by atoms with E-state index >= 15 is 0 Å². The van der Waals surface area contributed by atoms with Gasteiger partial charge in [-0.1, -0.05) is 89.0 Å². The van der Waals surface area contributed by atoms with Gasteiger partial charge in [0.25, 0.3) is 0 Å². The second-order valence-electron chi connectivity index (χ2n) is 6.12. The van der Waals surface area contributed by atoms with Crippen molar-refractivity contribution in [3.63, 3.8) is 0 Å². The molecule has 0 saturated heterocycles. The summed E-state index contributed by atoms with van der Waals surface area (Å²) in [6.45, 7) is 2.25. The summed E-state index contributed by atoms with van der Waals surface area (Å²) in [5.74, 6) is 0. The van der Waals surface area contributed by atoms with Crippen LogP contribution in [0.2, 0.25) is 0 Å². The van der Waals surface area contributed by atoms with Gasteiger partial charge >= 0.3 is 0 Å². The predicted molar refractivity (Wildman–Crippen MR) is 91.4 cm³/mol. The molecular formula is C18H30O3P-. The van der Waals surface area contributed by atoms with Crippen molar-refractivity contribution in [2.45, 2.75) is 77.6 Å². The minimum absolute atomic E-state index is 0.000627. The maximum Gasteiger partial charge on any atom is 0.162 e. The molecule has 4 heteroatoms. The average Bonchev–Trinajstić information content (AvgIpc) is 2.49. The Labute approximate surface area is 135 Å². The summed E-state index contributed by atoms with van der Waals surface area (Å²) in [5.41, 5.74) is 1.14. The fraction of sp³-hybridized carbons (Fsp3) is 0.667. The first-order valence-corrected chi connectivity index (χ1v) is 10.2. The molecule has 0 aromatic heterocycles. The molecule has 22 heavy (non-hydrogen) atoms. The molecule has 0 fully saturated rings. The molecule has 1 aromatic rings. The van der Waals surface area contributed by atoms with Crippen molar-refractivity contribution in [2.75, 3.05) is 0 Å². The van der Waals surface area contributed by atoms with Crippen molar-refractivity contribution < 1.29 is 14.4 Å². The van der Waals surface area contributed by atoms with Crippen molar-refractivity contribution in [1.82, 2.24) is 0 Å². The van der Waals surface area contributed by atoms with Crippen LogP contribution in [-0.2, 0) is 11.0 Å². The average molecular weight is 325 g/mol. The minimum Gasteiger partial charge on any atom is -0.775 e. The summed E-state index contributed by atoms with van der Waals surface area (Å²) < 4.78 is 11.0. The first-order valence-electron chi connectivity index (χ1n) is 8.67. The van der Waals surface area contributed by atoms with E-state index in [1.807, 2.05) is 0 Å². The van der Waals surface area contributed by atoms with Gasteiger partial charge in [-0.05, 0) is 18.4 Å². The van der Waals surface area contributed by atoms with E-state index < -0.39 is 7.60 Å². The Bertz CT molecular complexity index is 436. The lowest BCUT2D eigenvalue weighted by Gasteiger charge is -2.15. The van der Waals surface area contributed by atoms with E-state index in [2.05, 4.69) is 6.92 Å². The molecule has 1 atom stereocenters. The Morgan fingerprint density at radius 1 is 0.864 bits per heavy atom. The summed E-state index contributed by atoms with van der Waals surface area (Å²) >= 11 is 0. The Morgan fingerprint density at radius 2 is 1.32 bits per heavy atom. The molecule has 0 spiro atoms. The Morgan fingerprint density at radius 3 is 1.77 bits per heavy atom. The molecule has 0 aliphatic rings. The van der Waals surface area contributed by atoms with Crippen LogP contribution in [-0.4, -0.2) is 4.89 Å². The van der Waals surface area contributed by atoms with Gasteiger partial charge < -0.3 is 14.4 Å². The zero-order valence-corrected chi connectivity index (χ0v) is 14.7. The van der Waals surface area contributed by atoms with Crippen molar-refractivity contribution in [2.24, 2.45) is 0 Å². The van der Waals surface area contributed by atoms with Crippen LogP contribution in [0.5, 0.6) is 0 Å². The highest BCUT2D eigenvalue weighted by atomic mass is 31.2. The van der Waals surface area contributed by atoms with Crippen LogP contribution in [0.1, 0.15) is 76.7 Å². The fourth-order valence-electron chi connectivity index (χ4n) is 2.67. The molecule has 0 heterocycles. The van der Waals surface area contributed by atoms with Crippen LogP contribution in [0.15, 0.2) is 24.3 Å². The number of rotatable bonds is 12. The van der Waals surface area contributed by atoms with Gasteiger partial charge in [0.05, 0.1) is 0 Å². The Balaban J connectivity index is 2.04. The molecule has 1 N–H and O–H groups in total. The summed E-state index contributed by atoms with van der Waals surface area (Å²) in [6.07, 6.45) is 14.2. The van der Waals surface area contributed by atoms with Gasteiger partial charge in [0.15, 0.2) is 7.60 Å². The number of hydrogen-bond acceptors (Lipinski definition) is 2. The van der Waals surface area contributed by atoms with E-state index in [0.717, 1.165) is 18.4 Å². The quantitative estimate of drug-likeness (QED) is 0.460. The van der Waals surface area contributed by atoms with Crippen LogP contribution in [0.25, 0.3) is 0 Å². The molecule has 0 amide bonds. The van der Waals surface area contributed by atoms with Crippen LogP contribution in [0.4, 0.5) is 0 Å². The van der Waals surface area contributed by atoms with E-state index in [1.165, 1.54) is 69.9 Å². The van der Waals surface area contributed by atoms with Crippen LogP contribution >= 0.6 is 7.60 Å². The summed E-state index contributed by atoms with van der Waals surface area (Å²) in [7, 11) is -4.34. The van der Waals surface area contributed by atoms with Crippen molar-refractivity contribution in [3.8, 4) is 0 Å². The topological polar surface area (TPSA) is 60.4 Å². The second-order valence-corrected chi connectivity index (χ2v) is 7.68. The lowest BCUT2D eigenvalue weighted by Crippen LogP contribution is -2.14. The molecule has 0 aliphatic carbocycles. The molecule has 3 nitrogen and oxygen atoms in total.